The summed E-state index contributed by atoms with van der Waals surface area (Å²) in [4.78, 5) is 69.0. The highest BCUT2D eigenvalue weighted by molar-refractivity contribution is 5.17. The third-order valence-corrected chi connectivity index (χ3v) is 4.00. The molecular formula is C15H14N8O4. The first kappa shape index (κ1) is 16.8. The summed E-state index contributed by atoms with van der Waals surface area (Å²) in [5.41, 5.74) is -2.38. The van der Waals surface area contributed by atoms with Crippen LogP contribution < -0.4 is 44.2 Å². The Labute approximate surface area is 148 Å². The fourth-order valence-electron chi connectivity index (χ4n) is 2.80. The van der Waals surface area contributed by atoms with Crippen molar-refractivity contribution >= 4 is 0 Å². The molecule has 0 saturated carbocycles. The molecule has 0 bridgehead atoms. The van der Waals surface area contributed by atoms with E-state index in [1.807, 2.05) is 13.8 Å². The van der Waals surface area contributed by atoms with Gasteiger partial charge in [-0.25, -0.2) is 29.6 Å². The van der Waals surface area contributed by atoms with Crippen LogP contribution in [0.5, 0.6) is 0 Å². The first-order chi connectivity index (χ1) is 12.8. The van der Waals surface area contributed by atoms with E-state index in [-0.39, 0.29) is 39.2 Å². The largest absolute Gasteiger partial charge is 0.332 e. The summed E-state index contributed by atoms with van der Waals surface area (Å²) < 4.78 is 2.34. The second-order valence-electron chi connectivity index (χ2n) is 6.52. The van der Waals surface area contributed by atoms with Gasteiger partial charge in [0.1, 0.15) is 0 Å². The van der Waals surface area contributed by atoms with Gasteiger partial charge in [-0.05, 0) is 5.92 Å². The zero-order chi connectivity index (χ0) is 19.5. The van der Waals surface area contributed by atoms with Gasteiger partial charge in [0, 0.05) is 13.6 Å². The smallest absolute Gasteiger partial charge is 0.290 e. The van der Waals surface area contributed by atoms with Crippen LogP contribution in [0.15, 0.2) is 50.8 Å². The van der Waals surface area contributed by atoms with E-state index in [0.29, 0.717) is 6.54 Å². The average Bonchev–Trinajstić information content (AvgIpc) is 3.21. The third kappa shape index (κ3) is 2.53. The van der Waals surface area contributed by atoms with Gasteiger partial charge in [-0.15, -0.1) is 0 Å². The van der Waals surface area contributed by atoms with Gasteiger partial charge in [-0.1, -0.05) is 13.8 Å². The molecule has 0 atom stereocenters. The molecule has 2 aliphatic rings. The molecule has 12 heteroatoms. The minimum Gasteiger partial charge on any atom is -0.290 e. The van der Waals surface area contributed by atoms with Gasteiger partial charge < -0.3 is 0 Å². The van der Waals surface area contributed by atoms with Crippen molar-refractivity contribution in [2.24, 2.45) is 32.9 Å². The molecule has 138 valence electrons. The molecule has 4 heterocycles. The summed E-state index contributed by atoms with van der Waals surface area (Å²) >= 11 is 0. The van der Waals surface area contributed by atoms with Gasteiger partial charge in [0.2, 0.25) is 11.6 Å². The Balaban J connectivity index is 2.06. The van der Waals surface area contributed by atoms with Crippen LogP contribution >= 0.6 is 0 Å². The normalized spacial score (nSPS) is 17.0. The van der Waals surface area contributed by atoms with Crippen LogP contribution in [0.4, 0.5) is 0 Å². The summed E-state index contributed by atoms with van der Waals surface area (Å²) in [6.45, 7) is 4.20. The Bertz CT molecular complexity index is 1510. The van der Waals surface area contributed by atoms with Crippen molar-refractivity contribution < 1.29 is 0 Å². The standard InChI is InChI=1S/C15H14N8O4/c1-5(2)4-23-11-7(13(25)22(3)15(23)27)17-10(19-11)9-16-6-8(18-9)20-14(26)21-12(6)24/h5H,4H2,1-3H3,(H2,18,20,21,24,26). The van der Waals surface area contributed by atoms with E-state index < -0.39 is 22.5 Å². The topological polar surface area (TPSA) is 159 Å². The summed E-state index contributed by atoms with van der Waals surface area (Å²) in [5, 5.41) is -0.0741. The number of nitrogens with one attached hydrogen (secondary N) is 2. The number of rotatable bonds is 2. The van der Waals surface area contributed by atoms with E-state index in [9.17, 15) is 19.2 Å². The van der Waals surface area contributed by atoms with Gasteiger partial charge in [0.05, 0.1) is 0 Å². The number of fused-ring (bicyclic) bond motifs is 2. The minimum absolute atomic E-state index is 0.00371. The average molecular weight is 370 g/mol. The maximum Gasteiger partial charge on any atom is 0.332 e. The Hall–Kier alpha value is -3.70. The molecule has 0 unspecified atom stereocenters. The fraction of sp³-hybridized carbons (Fsp3) is 0.333. The highest BCUT2D eigenvalue weighted by Gasteiger charge is 2.20. The van der Waals surface area contributed by atoms with Gasteiger partial charge in [-0.2, -0.15) is 0 Å². The van der Waals surface area contributed by atoms with Crippen LogP contribution in [0, 0.1) is 5.92 Å². The first-order valence-electron chi connectivity index (χ1n) is 8.08. The predicted molar refractivity (Wildman–Crippen MR) is 90.1 cm³/mol. The first-order valence-corrected chi connectivity index (χ1v) is 8.08. The molecule has 0 amide bonds. The number of hydrogen-bond acceptors (Lipinski definition) is 8. The molecule has 0 aromatic carbocycles. The van der Waals surface area contributed by atoms with Crippen molar-refractivity contribution in [3.05, 3.63) is 75.0 Å². The zero-order valence-electron chi connectivity index (χ0n) is 14.6. The Kier molecular flexibility index (Phi) is 3.51. The quantitative estimate of drug-likeness (QED) is 0.550. The van der Waals surface area contributed by atoms with Crippen LogP contribution in [0.1, 0.15) is 13.8 Å². The molecule has 4 rings (SSSR count). The lowest BCUT2D eigenvalue weighted by molar-refractivity contribution is 0.469. The summed E-state index contributed by atoms with van der Waals surface area (Å²) in [7, 11) is 1.37. The molecule has 0 radical (unpaired) electrons. The molecule has 0 saturated heterocycles. The summed E-state index contributed by atoms with van der Waals surface area (Å²) in [6, 6.07) is 0. The second kappa shape index (κ2) is 5.65. The van der Waals surface area contributed by atoms with Gasteiger partial charge in [0.25, 0.3) is 11.1 Å². The molecule has 2 aliphatic heterocycles. The molecule has 0 spiro atoms. The molecule has 2 aromatic heterocycles. The van der Waals surface area contributed by atoms with E-state index in [1.54, 1.807) is 0 Å². The van der Waals surface area contributed by atoms with Gasteiger partial charge >= 0.3 is 11.4 Å². The predicted octanol–water partition coefficient (Wildman–Crippen LogP) is -4.09. The molecule has 0 fully saturated rings. The van der Waals surface area contributed by atoms with Crippen molar-refractivity contribution in [2.45, 2.75) is 20.4 Å². The van der Waals surface area contributed by atoms with E-state index >= 15 is 0 Å². The Morgan fingerprint density at radius 2 is 1.59 bits per heavy atom. The molecule has 0 aliphatic carbocycles. The van der Waals surface area contributed by atoms with Crippen molar-refractivity contribution in [2.75, 3.05) is 0 Å². The van der Waals surface area contributed by atoms with Gasteiger partial charge in [0.15, 0.2) is 21.7 Å². The van der Waals surface area contributed by atoms with Crippen molar-refractivity contribution in [3.63, 3.8) is 0 Å². The Morgan fingerprint density at radius 3 is 2.30 bits per heavy atom. The van der Waals surface area contributed by atoms with E-state index in [4.69, 9.17) is 0 Å². The third-order valence-electron chi connectivity index (χ3n) is 4.00. The second-order valence-corrected chi connectivity index (χ2v) is 6.52. The molecule has 12 nitrogen and oxygen atoms in total. The lowest BCUT2D eigenvalue weighted by Gasteiger charge is -2.09. The van der Waals surface area contributed by atoms with Crippen molar-refractivity contribution in [3.8, 4) is 0 Å². The monoisotopic (exact) mass is 370 g/mol. The lowest BCUT2D eigenvalue weighted by Crippen LogP contribution is -2.57. The van der Waals surface area contributed by atoms with Crippen LogP contribution in [0.2, 0.25) is 0 Å². The SMILES string of the molecule is CC(C)Cn1c2c(c(=O)n(C)c1=O)=NC(=C1N=c3[nH]c(=O)[nH]c(=O)c3=N1)N=2. The van der Waals surface area contributed by atoms with Crippen LogP contribution in [0.3, 0.4) is 0 Å². The van der Waals surface area contributed by atoms with E-state index in [0.717, 1.165) is 4.57 Å². The molecule has 2 N–H and O–H groups in total. The van der Waals surface area contributed by atoms with Crippen LogP contribution in [-0.4, -0.2) is 19.1 Å². The number of aromatic nitrogens is 4. The highest BCUT2D eigenvalue weighted by Crippen LogP contribution is 2.10. The maximum atomic E-state index is 12.4. The highest BCUT2D eigenvalue weighted by atomic mass is 16.2. The van der Waals surface area contributed by atoms with Crippen molar-refractivity contribution in [1.29, 1.82) is 0 Å². The fourth-order valence-corrected chi connectivity index (χ4v) is 2.80. The Morgan fingerprint density at radius 1 is 0.926 bits per heavy atom. The van der Waals surface area contributed by atoms with Crippen molar-refractivity contribution in [1.82, 2.24) is 19.1 Å². The van der Waals surface area contributed by atoms with E-state index in [2.05, 4.69) is 29.9 Å². The lowest BCUT2D eigenvalue weighted by atomic mass is 10.2. The zero-order valence-corrected chi connectivity index (χ0v) is 14.6. The van der Waals surface area contributed by atoms with Gasteiger partial charge in [-0.3, -0.25) is 28.7 Å². The maximum absolute atomic E-state index is 12.4. The summed E-state index contributed by atoms with van der Waals surface area (Å²) in [6.07, 6.45) is 0. The number of aromatic amines is 2. The van der Waals surface area contributed by atoms with E-state index in [1.165, 1.54) is 11.6 Å². The van der Waals surface area contributed by atoms with Crippen LogP contribution in [-0.2, 0) is 13.6 Å². The summed E-state index contributed by atoms with van der Waals surface area (Å²) in [5.74, 6) is 0.0887. The molecular weight excluding hydrogens is 356 g/mol. The minimum atomic E-state index is -0.716. The number of H-pyrrole nitrogens is 2. The molecule has 2 aromatic rings. The number of nitrogens with zero attached hydrogens (tertiary/aromatic N) is 6. The van der Waals surface area contributed by atoms with Crippen LogP contribution in [0.25, 0.3) is 0 Å². The number of hydrogen-bond donors (Lipinski definition) is 2. The molecule has 27 heavy (non-hydrogen) atoms.